The summed E-state index contributed by atoms with van der Waals surface area (Å²) in [4.78, 5) is 12.6. The van der Waals surface area contributed by atoms with E-state index in [4.69, 9.17) is 36.4 Å². The number of nitrogens with zero attached hydrogens (tertiary/aromatic N) is 1. The van der Waals surface area contributed by atoms with Gasteiger partial charge in [0, 0.05) is 12.8 Å². The molecule has 0 aromatic heterocycles. The maximum absolute atomic E-state index is 12.6. The van der Waals surface area contributed by atoms with Crippen LogP contribution in [0.5, 0.6) is 11.5 Å². The Kier molecular flexibility index (Phi) is 7.40. The van der Waals surface area contributed by atoms with Gasteiger partial charge in [-0.15, -0.1) is 0 Å². The lowest BCUT2D eigenvalue weighted by Gasteiger charge is -2.30. The normalized spacial score (nSPS) is 16.1. The molecule has 0 aliphatic carbocycles. The summed E-state index contributed by atoms with van der Waals surface area (Å²) in [6.45, 7) is 2.12. The molecule has 1 aromatic carbocycles. The lowest BCUT2D eigenvalue weighted by atomic mass is 9.95. The molecule has 1 aromatic rings. The Labute approximate surface area is 163 Å². The van der Waals surface area contributed by atoms with Gasteiger partial charge in [-0.25, -0.2) is 4.79 Å². The molecule has 8 nitrogen and oxygen atoms in total. The van der Waals surface area contributed by atoms with Crippen LogP contribution in [-0.4, -0.2) is 45.1 Å². The number of benzene rings is 1. The fraction of sp³-hybridized carbons (Fsp3) is 0.389. The van der Waals surface area contributed by atoms with Gasteiger partial charge in [0.15, 0.2) is 23.2 Å². The molecule has 2 N–H and O–H groups in total. The monoisotopic (exact) mass is 391 g/mol. The number of ether oxygens (including phenoxy) is 4. The van der Waals surface area contributed by atoms with E-state index in [2.05, 4.69) is 10.6 Å². The van der Waals surface area contributed by atoms with Crippen molar-refractivity contribution < 1.29 is 23.7 Å². The van der Waals surface area contributed by atoms with Gasteiger partial charge in [-0.05, 0) is 36.8 Å². The smallest absolute Gasteiger partial charge is 0.338 e. The number of nitrogens with one attached hydrogen (secondary N) is 2. The van der Waals surface area contributed by atoms with Crippen molar-refractivity contribution in [1.29, 1.82) is 5.26 Å². The van der Waals surface area contributed by atoms with E-state index >= 15 is 0 Å². The number of hydrogen-bond donors (Lipinski definition) is 2. The molecule has 1 aliphatic rings. The SMILES string of the molecule is COCCOC(=O)C1=C(C)NC(=S)N[C@@H]1c1ccc(OCC#N)c(OC)c1. The minimum Gasteiger partial charge on any atom is -0.493 e. The molecule has 0 saturated heterocycles. The second-order valence-electron chi connectivity index (χ2n) is 5.56. The fourth-order valence-electron chi connectivity index (χ4n) is 2.60. The van der Waals surface area contributed by atoms with Crippen LogP contribution in [0.15, 0.2) is 29.5 Å². The topological polar surface area (TPSA) is 102 Å². The van der Waals surface area contributed by atoms with Crippen LogP contribution < -0.4 is 20.1 Å². The van der Waals surface area contributed by atoms with Gasteiger partial charge in [0.1, 0.15) is 12.7 Å². The van der Waals surface area contributed by atoms with Crippen molar-refractivity contribution in [2.45, 2.75) is 13.0 Å². The van der Waals surface area contributed by atoms with E-state index in [1.807, 2.05) is 6.07 Å². The van der Waals surface area contributed by atoms with Crippen LogP contribution in [0.2, 0.25) is 0 Å². The molecular weight excluding hydrogens is 370 g/mol. The molecule has 0 fully saturated rings. The van der Waals surface area contributed by atoms with Gasteiger partial charge in [0.05, 0.1) is 25.3 Å². The average molecular weight is 391 g/mol. The third kappa shape index (κ3) is 5.09. The number of methoxy groups -OCH3 is 2. The summed E-state index contributed by atoms with van der Waals surface area (Å²) in [7, 11) is 3.03. The van der Waals surface area contributed by atoms with E-state index in [1.165, 1.54) is 14.2 Å². The fourth-order valence-corrected chi connectivity index (χ4v) is 2.87. The molecule has 144 valence electrons. The largest absolute Gasteiger partial charge is 0.493 e. The van der Waals surface area contributed by atoms with E-state index in [0.29, 0.717) is 34.5 Å². The third-order valence-electron chi connectivity index (χ3n) is 3.82. The van der Waals surface area contributed by atoms with E-state index < -0.39 is 12.0 Å². The summed E-state index contributed by atoms with van der Waals surface area (Å²) in [6, 6.07) is 6.57. The summed E-state index contributed by atoms with van der Waals surface area (Å²) >= 11 is 5.23. The molecule has 0 unspecified atom stereocenters. The summed E-state index contributed by atoms with van der Waals surface area (Å²) < 4.78 is 20.9. The van der Waals surface area contributed by atoms with Gasteiger partial charge in [0.2, 0.25) is 0 Å². The van der Waals surface area contributed by atoms with Crippen LogP contribution in [0.4, 0.5) is 0 Å². The quantitative estimate of drug-likeness (QED) is 0.388. The second kappa shape index (κ2) is 9.75. The number of hydrogen-bond acceptors (Lipinski definition) is 7. The molecule has 2 rings (SSSR count). The highest BCUT2D eigenvalue weighted by Crippen LogP contribution is 2.34. The van der Waals surface area contributed by atoms with Gasteiger partial charge in [-0.1, -0.05) is 6.07 Å². The minimum absolute atomic E-state index is 0.0958. The third-order valence-corrected chi connectivity index (χ3v) is 4.04. The Morgan fingerprint density at radius 3 is 2.74 bits per heavy atom. The predicted octanol–water partition coefficient (Wildman–Crippen LogP) is 1.58. The number of rotatable bonds is 8. The van der Waals surface area contributed by atoms with E-state index in [9.17, 15) is 4.79 Å². The maximum Gasteiger partial charge on any atom is 0.338 e. The summed E-state index contributed by atoms with van der Waals surface area (Å²) in [5.74, 6) is 0.406. The van der Waals surface area contributed by atoms with Crippen LogP contribution >= 0.6 is 12.2 Å². The van der Waals surface area contributed by atoms with Crippen molar-refractivity contribution in [3.63, 3.8) is 0 Å². The van der Waals surface area contributed by atoms with E-state index in [-0.39, 0.29) is 13.2 Å². The zero-order chi connectivity index (χ0) is 19.8. The maximum atomic E-state index is 12.6. The summed E-state index contributed by atoms with van der Waals surface area (Å²) in [5.41, 5.74) is 1.75. The zero-order valence-electron chi connectivity index (χ0n) is 15.3. The Morgan fingerprint density at radius 1 is 1.30 bits per heavy atom. The zero-order valence-corrected chi connectivity index (χ0v) is 16.1. The molecule has 0 saturated carbocycles. The first-order chi connectivity index (χ1) is 13.0. The number of carbonyl (C=O) groups excluding carboxylic acids is 1. The molecule has 27 heavy (non-hydrogen) atoms. The lowest BCUT2D eigenvalue weighted by Crippen LogP contribution is -2.45. The minimum atomic E-state index is -0.521. The highest BCUT2D eigenvalue weighted by Gasteiger charge is 2.31. The van der Waals surface area contributed by atoms with Crippen molar-refractivity contribution >= 4 is 23.3 Å². The molecule has 1 aliphatic heterocycles. The van der Waals surface area contributed by atoms with Gasteiger partial charge in [-0.2, -0.15) is 5.26 Å². The van der Waals surface area contributed by atoms with Crippen LogP contribution in [0.25, 0.3) is 0 Å². The van der Waals surface area contributed by atoms with Gasteiger partial charge in [-0.3, -0.25) is 0 Å². The van der Waals surface area contributed by atoms with Crippen LogP contribution in [0.3, 0.4) is 0 Å². The first-order valence-corrected chi connectivity index (χ1v) is 8.54. The Morgan fingerprint density at radius 2 is 2.07 bits per heavy atom. The number of thiocarbonyl (C=S) groups is 1. The number of allylic oxidation sites excluding steroid dienone is 1. The Hall–Kier alpha value is -2.83. The van der Waals surface area contributed by atoms with Crippen molar-refractivity contribution in [1.82, 2.24) is 10.6 Å². The molecule has 0 bridgehead atoms. The molecule has 1 heterocycles. The second-order valence-corrected chi connectivity index (χ2v) is 5.96. The van der Waals surface area contributed by atoms with Crippen molar-refractivity contribution in [2.75, 3.05) is 34.0 Å². The van der Waals surface area contributed by atoms with Crippen molar-refractivity contribution in [2.24, 2.45) is 0 Å². The highest BCUT2D eigenvalue weighted by atomic mass is 32.1. The molecule has 1 atom stereocenters. The molecule has 0 amide bonds. The average Bonchev–Trinajstić information content (AvgIpc) is 2.65. The Balaban J connectivity index is 2.35. The summed E-state index contributed by atoms with van der Waals surface area (Å²) in [6.07, 6.45) is 0. The van der Waals surface area contributed by atoms with Crippen molar-refractivity contribution in [3.8, 4) is 17.6 Å². The number of esters is 1. The first-order valence-electron chi connectivity index (χ1n) is 8.13. The van der Waals surface area contributed by atoms with Gasteiger partial charge < -0.3 is 29.6 Å². The molecule has 0 spiro atoms. The molecule has 9 heteroatoms. The molecule has 0 radical (unpaired) electrons. The highest BCUT2D eigenvalue weighted by molar-refractivity contribution is 7.80. The van der Waals surface area contributed by atoms with Crippen LogP contribution in [0.1, 0.15) is 18.5 Å². The van der Waals surface area contributed by atoms with Crippen molar-refractivity contribution in [3.05, 3.63) is 35.0 Å². The Bertz CT molecular complexity index is 788. The van der Waals surface area contributed by atoms with Crippen LogP contribution in [-0.2, 0) is 14.3 Å². The first kappa shape index (κ1) is 20.5. The number of nitriles is 1. The molecular formula is C18H21N3O5S. The van der Waals surface area contributed by atoms with Gasteiger partial charge in [0.25, 0.3) is 0 Å². The van der Waals surface area contributed by atoms with Crippen LogP contribution in [0, 0.1) is 11.3 Å². The lowest BCUT2D eigenvalue weighted by molar-refractivity contribution is -0.140. The number of carbonyl (C=O) groups is 1. The standard InChI is InChI=1S/C18H21N3O5S/c1-11-15(17(22)26-9-8-23-2)16(21-18(27)20-11)12-4-5-13(25-7-6-19)14(10-12)24-3/h4-5,10,16H,7-9H2,1-3H3,(H2,20,21,27)/t16-/m1/s1. The van der Waals surface area contributed by atoms with E-state index in [0.717, 1.165) is 5.56 Å². The predicted molar refractivity (Wildman–Crippen MR) is 101 cm³/mol. The summed E-state index contributed by atoms with van der Waals surface area (Å²) in [5, 5.41) is 15.1. The van der Waals surface area contributed by atoms with E-state index in [1.54, 1.807) is 25.1 Å². The van der Waals surface area contributed by atoms with Gasteiger partial charge >= 0.3 is 5.97 Å².